The second-order valence-electron chi connectivity index (χ2n) is 5.98. The highest BCUT2D eigenvalue weighted by Crippen LogP contribution is 2.14. The predicted octanol–water partition coefficient (Wildman–Crippen LogP) is 2.46. The first-order chi connectivity index (χ1) is 10.6. The number of ether oxygens (including phenoxy) is 1. The minimum absolute atomic E-state index is 0.147. The van der Waals surface area contributed by atoms with Gasteiger partial charge in [-0.1, -0.05) is 6.08 Å². The van der Waals surface area contributed by atoms with Crippen molar-refractivity contribution >= 4 is 5.78 Å². The summed E-state index contributed by atoms with van der Waals surface area (Å²) in [5.74, 6) is 0.984. The summed E-state index contributed by atoms with van der Waals surface area (Å²) in [7, 11) is 0. The van der Waals surface area contributed by atoms with Gasteiger partial charge >= 0.3 is 0 Å². The Morgan fingerprint density at radius 2 is 1.77 bits per heavy atom. The van der Waals surface area contributed by atoms with Crippen LogP contribution in [0.5, 0.6) is 5.75 Å². The molecule has 0 radical (unpaired) electrons. The molecule has 1 aromatic carbocycles. The fourth-order valence-electron chi connectivity index (χ4n) is 2.60. The van der Waals surface area contributed by atoms with Gasteiger partial charge in [0.25, 0.3) is 0 Å². The smallest absolute Gasteiger partial charge is 0.176 e. The van der Waals surface area contributed by atoms with Crippen LogP contribution in [0.3, 0.4) is 0 Å². The van der Waals surface area contributed by atoms with Crippen LogP contribution in [-0.2, 0) is 0 Å². The molecule has 0 N–H and O–H groups in total. The molecule has 0 spiro atoms. The van der Waals surface area contributed by atoms with Crippen molar-refractivity contribution in [3.05, 3.63) is 42.5 Å². The van der Waals surface area contributed by atoms with Crippen molar-refractivity contribution in [2.45, 2.75) is 20.0 Å². The average Bonchev–Trinajstić information content (AvgIpc) is 2.49. The lowest BCUT2D eigenvalue weighted by atomic mass is 10.1. The molecule has 1 saturated heterocycles. The molecule has 4 nitrogen and oxygen atoms in total. The Morgan fingerprint density at radius 3 is 2.32 bits per heavy atom. The maximum Gasteiger partial charge on any atom is 0.176 e. The second-order valence-corrected chi connectivity index (χ2v) is 5.98. The Balaban J connectivity index is 1.83. The largest absolute Gasteiger partial charge is 0.491 e. The molecule has 120 valence electrons. The molecule has 0 unspecified atom stereocenters. The zero-order valence-corrected chi connectivity index (χ0v) is 13.6. The predicted molar refractivity (Wildman–Crippen MR) is 89.6 cm³/mol. The number of hydrogen-bond donors (Lipinski definition) is 0. The quantitative estimate of drug-likeness (QED) is 0.572. The minimum atomic E-state index is 0.147. The molecule has 0 atom stereocenters. The van der Waals surface area contributed by atoms with Crippen molar-refractivity contribution in [1.29, 1.82) is 0 Å². The van der Waals surface area contributed by atoms with E-state index in [9.17, 15) is 4.79 Å². The van der Waals surface area contributed by atoms with E-state index in [1.54, 1.807) is 0 Å². The van der Waals surface area contributed by atoms with Gasteiger partial charge in [-0.25, -0.2) is 0 Å². The molecule has 4 heteroatoms. The lowest BCUT2D eigenvalue weighted by Gasteiger charge is -2.33. The fourth-order valence-corrected chi connectivity index (χ4v) is 2.60. The molecule has 2 rings (SSSR count). The molecular formula is C18H26N2O2. The van der Waals surface area contributed by atoms with E-state index in [-0.39, 0.29) is 11.9 Å². The van der Waals surface area contributed by atoms with Crippen molar-refractivity contribution < 1.29 is 9.53 Å². The number of carbonyl (C=O) groups excluding carboxylic acids is 1. The summed E-state index contributed by atoms with van der Waals surface area (Å²) < 4.78 is 5.60. The van der Waals surface area contributed by atoms with Crippen LogP contribution >= 0.6 is 0 Å². The van der Waals surface area contributed by atoms with Crippen LogP contribution in [0.1, 0.15) is 24.2 Å². The molecule has 1 aromatic rings. The Kier molecular flexibility index (Phi) is 6.16. The molecule has 1 heterocycles. The normalized spacial score (nSPS) is 16.7. The maximum absolute atomic E-state index is 12.3. The summed E-state index contributed by atoms with van der Waals surface area (Å²) in [6.07, 6.45) is 2.08. The lowest BCUT2D eigenvalue weighted by molar-refractivity contribution is 0.0865. The van der Waals surface area contributed by atoms with Crippen molar-refractivity contribution in [1.82, 2.24) is 9.80 Å². The standard InChI is InChI=1S/C18H26N2O2/c1-4-9-19-10-12-20(13-11-19)14-18(21)16-5-7-17(8-6-16)22-15(2)3/h4-8,15H,1,9-14H2,2-3H3. The van der Waals surface area contributed by atoms with Crippen LogP contribution in [0.15, 0.2) is 36.9 Å². The van der Waals surface area contributed by atoms with Gasteiger partial charge in [0, 0.05) is 38.3 Å². The summed E-state index contributed by atoms with van der Waals surface area (Å²) in [6, 6.07) is 7.45. The number of piperazine rings is 1. The first-order valence-corrected chi connectivity index (χ1v) is 7.94. The minimum Gasteiger partial charge on any atom is -0.491 e. The number of nitrogens with zero attached hydrogens (tertiary/aromatic N) is 2. The van der Waals surface area contributed by atoms with E-state index in [0.717, 1.165) is 44.0 Å². The number of benzene rings is 1. The topological polar surface area (TPSA) is 32.8 Å². The second kappa shape index (κ2) is 8.11. The van der Waals surface area contributed by atoms with Gasteiger partial charge in [0.2, 0.25) is 0 Å². The van der Waals surface area contributed by atoms with Crippen LogP contribution in [0.4, 0.5) is 0 Å². The molecular weight excluding hydrogens is 276 g/mol. The lowest BCUT2D eigenvalue weighted by Crippen LogP contribution is -2.47. The first-order valence-electron chi connectivity index (χ1n) is 7.94. The van der Waals surface area contributed by atoms with Gasteiger partial charge in [-0.15, -0.1) is 6.58 Å². The zero-order chi connectivity index (χ0) is 15.9. The van der Waals surface area contributed by atoms with Crippen LogP contribution in [0.25, 0.3) is 0 Å². The van der Waals surface area contributed by atoms with Gasteiger partial charge in [-0.3, -0.25) is 14.6 Å². The summed E-state index contributed by atoms with van der Waals surface area (Å²) in [4.78, 5) is 16.9. The van der Waals surface area contributed by atoms with E-state index < -0.39 is 0 Å². The third-order valence-corrected chi connectivity index (χ3v) is 3.77. The highest BCUT2D eigenvalue weighted by Gasteiger charge is 2.18. The van der Waals surface area contributed by atoms with E-state index >= 15 is 0 Å². The number of hydrogen-bond acceptors (Lipinski definition) is 4. The SMILES string of the molecule is C=CCN1CCN(CC(=O)c2ccc(OC(C)C)cc2)CC1. The van der Waals surface area contributed by atoms with Crippen molar-refractivity contribution in [3.8, 4) is 5.75 Å². The highest BCUT2D eigenvalue weighted by atomic mass is 16.5. The van der Waals surface area contributed by atoms with Crippen LogP contribution in [-0.4, -0.2) is 61.0 Å². The molecule has 0 amide bonds. The van der Waals surface area contributed by atoms with Gasteiger partial charge in [-0.05, 0) is 38.1 Å². The Morgan fingerprint density at radius 1 is 1.18 bits per heavy atom. The molecule has 0 saturated carbocycles. The number of rotatable bonds is 7. The molecule has 0 bridgehead atoms. The molecule has 1 aliphatic heterocycles. The Labute approximate surface area is 133 Å². The monoisotopic (exact) mass is 302 g/mol. The zero-order valence-electron chi connectivity index (χ0n) is 13.6. The van der Waals surface area contributed by atoms with E-state index in [0.29, 0.717) is 6.54 Å². The molecule has 1 fully saturated rings. The number of ketones is 1. The molecule has 1 aliphatic rings. The van der Waals surface area contributed by atoms with Crippen LogP contribution in [0.2, 0.25) is 0 Å². The average molecular weight is 302 g/mol. The van der Waals surface area contributed by atoms with Crippen LogP contribution < -0.4 is 4.74 Å². The molecule has 22 heavy (non-hydrogen) atoms. The van der Waals surface area contributed by atoms with E-state index in [1.807, 2.05) is 44.2 Å². The van der Waals surface area contributed by atoms with E-state index in [2.05, 4.69) is 16.4 Å². The van der Waals surface area contributed by atoms with Crippen molar-refractivity contribution in [2.24, 2.45) is 0 Å². The van der Waals surface area contributed by atoms with Gasteiger partial charge < -0.3 is 4.74 Å². The van der Waals surface area contributed by atoms with Crippen molar-refractivity contribution in [3.63, 3.8) is 0 Å². The summed E-state index contributed by atoms with van der Waals surface area (Å²) in [5, 5.41) is 0. The van der Waals surface area contributed by atoms with Crippen LogP contribution in [0, 0.1) is 0 Å². The third-order valence-electron chi connectivity index (χ3n) is 3.77. The highest BCUT2D eigenvalue weighted by molar-refractivity contribution is 5.97. The molecule has 0 aliphatic carbocycles. The summed E-state index contributed by atoms with van der Waals surface area (Å²) in [6.45, 7) is 13.0. The van der Waals surface area contributed by atoms with Gasteiger partial charge in [0.15, 0.2) is 5.78 Å². The van der Waals surface area contributed by atoms with E-state index in [1.165, 1.54) is 0 Å². The maximum atomic E-state index is 12.3. The summed E-state index contributed by atoms with van der Waals surface area (Å²) >= 11 is 0. The van der Waals surface area contributed by atoms with Gasteiger partial charge in [-0.2, -0.15) is 0 Å². The third kappa shape index (κ3) is 4.97. The Bertz CT molecular complexity index is 488. The summed E-state index contributed by atoms with van der Waals surface area (Å²) in [5.41, 5.74) is 0.754. The Hall–Kier alpha value is -1.65. The molecule has 0 aromatic heterocycles. The van der Waals surface area contributed by atoms with Gasteiger partial charge in [0.1, 0.15) is 5.75 Å². The number of carbonyl (C=O) groups is 1. The van der Waals surface area contributed by atoms with Gasteiger partial charge in [0.05, 0.1) is 12.6 Å². The first kappa shape index (κ1) is 16.7. The van der Waals surface area contributed by atoms with E-state index in [4.69, 9.17) is 4.74 Å². The van der Waals surface area contributed by atoms with Crippen molar-refractivity contribution in [2.75, 3.05) is 39.3 Å². The fraction of sp³-hybridized carbons (Fsp3) is 0.500. The number of Topliss-reactive ketones (excluding diaryl/α,β-unsaturated/α-hetero) is 1.